The van der Waals surface area contributed by atoms with E-state index in [2.05, 4.69) is 10.3 Å². The Morgan fingerprint density at radius 2 is 2.32 bits per heavy atom. The molecule has 102 valence electrons. The number of rotatable bonds is 5. The van der Waals surface area contributed by atoms with E-state index in [1.165, 1.54) is 0 Å². The van der Waals surface area contributed by atoms with Crippen molar-refractivity contribution in [1.82, 2.24) is 10.3 Å². The van der Waals surface area contributed by atoms with Gasteiger partial charge >= 0.3 is 5.76 Å². The van der Waals surface area contributed by atoms with E-state index < -0.39 is 5.76 Å². The second-order valence-electron chi connectivity index (χ2n) is 4.35. The van der Waals surface area contributed by atoms with Gasteiger partial charge in [0.1, 0.15) is 0 Å². The van der Waals surface area contributed by atoms with Crippen molar-refractivity contribution in [2.45, 2.75) is 19.9 Å². The number of aromatic amines is 1. The summed E-state index contributed by atoms with van der Waals surface area (Å²) in [6.45, 7) is 2.04. The number of benzene rings is 1. The van der Waals surface area contributed by atoms with Crippen molar-refractivity contribution in [3.8, 4) is 0 Å². The summed E-state index contributed by atoms with van der Waals surface area (Å²) in [7, 11) is 0. The average Bonchev–Trinajstić information content (AvgIpc) is 2.77. The molecule has 0 aliphatic heterocycles. The van der Waals surface area contributed by atoms with Crippen molar-refractivity contribution >= 4 is 17.0 Å². The van der Waals surface area contributed by atoms with E-state index in [1.807, 2.05) is 6.92 Å². The normalized spacial score (nSPS) is 12.5. The first-order valence-electron chi connectivity index (χ1n) is 6.14. The highest BCUT2D eigenvalue weighted by molar-refractivity contribution is 5.79. The van der Waals surface area contributed by atoms with Crippen LogP contribution in [0.1, 0.15) is 18.9 Å². The second-order valence-corrected chi connectivity index (χ2v) is 4.35. The van der Waals surface area contributed by atoms with Crippen molar-refractivity contribution in [2.75, 3.05) is 6.61 Å². The van der Waals surface area contributed by atoms with Crippen molar-refractivity contribution in [3.05, 3.63) is 34.3 Å². The van der Waals surface area contributed by atoms with Gasteiger partial charge in [-0.2, -0.15) is 0 Å². The van der Waals surface area contributed by atoms with Crippen LogP contribution in [0.25, 0.3) is 11.1 Å². The van der Waals surface area contributed by atoms with Gasteiger partial charge in [0, 0.05) is 6.54 Å². The number of H-pyrrole nitrogens is 1. The van der Waals surface area contributed by atoms with Gasteiger partial charge < -0.3 is 14.8 Å². The third-order valence-corrected chi connectivity index (χ3v) is 3.03. The number of aliphatic hydroxyl groups excluding tert-OH is 1. The number of carbonyl (C=O) groups excluding carboxylic acids is 1. The maximum atomic E-state index is 11.7. The van der Waals surface area contributed by atoms with Crippen molar-refractivity contribution in [3.63, 3.8) is 0 Å². The highest BCUT2D eigenvalue weighted by Gasteiger charge is 2.14. The molecule has 1 aromatic heterocycles. The van der Waals surface area contributed by atoms with Gasteiger partial charge in [-0.1, -0.05) is 13.0 Å². The lowest BCUT2D eigenvalue weighted by Crippen LogP contribution is -2.31. The fourth-order valence-corrected chi connectivity index (χ4v) is 1.84. The smallest absolute Gasteiger partial charge is 0.408 e. The number of hydrogen-bond donors (Lipinski definition) is 3. The van der Waals surface area contributed by atoms with E-state index in [1.54, 1.807) is 18.2 Å². The zero-order valence-corrected chi connectivity index (χ0v) is 10.6. The first-order chi connectivity index (χ1) is 9.13. The van der Waals surface area contributed by atoms with Gasteiger partial charge in [-0.05, 0) is 24.1 Å². The average molecular weight is 264 g/mol. The molecule has 1 atom stereocenters. The van der Waals surface area contributed by atoms with Gasteiger partial charge in [0.25, 0.3) is 0 Å². The van der Waals surface area contributed by atoms with Gasteiger partial charge in [0.2, 0.25) is 5.91 Å². The summed E-state index contributed by atoms with van der Waals surface area (Å²) >= 11 is 0. The molecule has 6 heteroatoms. The highest BCUT2D eigenvalue weighted by Crippen LogP contribution is 2.12. The fraction of sp³-hybridized carbons (Fsp3) is 0.385. The van der Waals surface area contributed by atoms with Gasteiger partial charge in [0.15, 0.2) is 5.58 Å². The molecule has 1 unspecified atom stereocenters. The second kappa shape index (κ2) is 5.71. The molecular weight excluding hydrogens is 248 g/mol. The Kier molecular flexibility index (Phi) is 4.01. The molecular formula is C13H16N2O4. The Bertz CT molecular complexity index is 625. The van der Waals surface area contributed by atoms with Crippen LogP contribution in [0.2, 0.25) is 0 Å². The molecule has 0 aliphatic rings. The molecule has 0 saturated heterocycles. The van der Waals surface area contributed by atoms with E-state index in [-0.39, 0.29) is 18.4 Å². The first-order valence-corrected chi connectivity index (χ1v) is 6.14. The van der Waals surface area contributed by atoms with E-state index in [0.29, 0.717) is 24.1 Å². The monoisotopic (exact) mass is 264 g/mol. The quantitative estimate of drug-likeness (QED) is 0.742. The van der Waals surface area contributed by atoms with Crippen molar-refractivity contribution in [2.24, 2.45) is 5.92 Å². The number of aliphatic hydroxyl groups is 1. The minimum absolute atomic E-state index is 0.156. The van der Waals surface area contributed by atoms with Gasteiger partial charge in [-0.3, -0.25) is 9.78 Å². The lowest BCUT2D eigenvalue weighted by atomic mass is 10.1. The van der Waals surface area contributed by atoms with Crippen LogP contribution in [0.15, 0.2) is 27.4 Å². The number of oxazole rings is 1. The first kappa shape index (κ1) is 13.4. The molecule has 2 rings (SSSR count). The summed E-state index contributed by atoms with van der Waals surface area (Å²) in [6.07, 6.45) is 0.594. The molecule has 0 spiro atoms. The zero-order valence-electron chi connectivity index (χ0n) is 10.6. The van der Waals surface area contributed by atoms with E-state index in [4.69, 9.17) is 9.52 Å². The largest absolute Gasteiger partial charge is 0.417 e. The van der Waals surface area contributed by atoms with E-state index >= 15 is 0 Å². The summed E-state index contributed by atoms with van der Waals surface area (Å²) < 4.78 is 4.89. The number of amides is 1. The summed E-state index contributed by atoms with van der Waals surface area (Å²) in [5.41, 5.74) is 1.94. The maximum absolute atomic E-state index is 11.7. The Morgan fingerprint density at radius 1 is 1.53 bits per heavy atom. The zero-order chi connectivity index (χ0) is 13.8. The number of nitrogens with one attached hydrogen (secondary N) is 2. The third-order valence-electron chi connectivity index (χ3n) is 3.03. The van der Waals surface area contributed by atoms with Crippen LogP contribution in [-0.2, 0) is 11.3 Å². The fourth-order valence-electron chi connectivity index (χ4n) is 1.84. The van der Waals surface area contributed by atoms with Crippen LogP contribution >= 0.6 is 0 Å². The maximum Gasteiger partial charge on any atom is 0.417 e. The molecule has 1 heterocycles. The molecule has 0 fully saturated rings. The highest BCUT2D eigenvalue weighted by atomic mass is 16.4. The van der Waals surface area contributed by atoms with E-state index in [9.17, 15) is 9.59 Å². The molecule has 0 radical (unpaired) electrons. The number of hydrogen-bond acceptors (Lipinski definition) is 4. The molecule has 1 aromatic carbocycles. The summed E-state index contributed by atoms with van der Waals surface area (Å²) in [5, 5.41) is 11.8. The van der Waals surface area contributed by atoms with Crippen LogP contribution in [-0.4, -0.2) is 22.6 Å². The minimum Gasteiger partial charge on any atom is -0.408 e. The van der Waals surface area contributed by atoms with Gasteiger partial charge in [-0.15, -0.1) is 0 Å². The predicted octanol–water partition coefficient (Wildman–Crippen LogP) is 0.756. The number of aromatic nitrogens is 1. The number of carbonyl (C=O) groups is 1. The Morgan fingerprint density at radius 3 is 3.00 bits per heavy atom. The topological polar surface area (TPSA) is 95.3 Å². The van der Waals surface area contributed by atoms with E-state index in [0.717, 1.165) is 5.56 Å². The molecule has 2 aromatic rings. The summed E-state index contributed by atoms with van der Waals surface area (Å²) in [4.78, 5) is 25.3. The molecule has 3 N–H and O–H groups in total. The molecule has 19 heavy (non-hydrogen) atoms. The predicted molar refractivity (Wildman–Crippen MR) is 69.5 cm³/mol. The van der Waals surface area contributed by atoms with Crippen molar-refractivity contribution in [1.29, 1.82) is 0 Å². The Labute approximate surface area is 109 Å². The standard InChI is InChI=1S/C13H16N2O4/c1-2-9(7-16)12(17)14-6-8-3-4-11-10(5-8)15-13(18)19-11/h3-5,9,16H,2,6-7H2,1H3,(H,14,17)(H,15,18). The number of fused-ring (bicyclic) bond motifs is 1. The molecule has 1 amide bonds. The minimum atomic E-state index is -0.498. The van der Waals surface area contributed by atoms with Gasteiger partial charge in [-0.25, -0.2) is 4.79 Å². The molecule has 0 aliphatic carbocycles. The third kappa shape index (κ3) is 3.03. The van der Waals surface area contributed by atoms with Crippen LogP contribution in [0.5, 0.6) is 0 Å². The lowest BCUT2D eigenvalue weighted by Gasteiger charge is -2.12. The van der Waals surface area contributed by atoms with Crippen LogP contribution in [0.3, 0.4) is 0 Å². The van der Waals surface area contributed by atoms with Crippen LogP contribution < -0.4 is 11.1 Å². The Balaban J connectivity index is 2.05. The molecule has 0 saturated carbocycles. The van der Waals surface area contributed by atoms with Crippen molar-refractivity contribution < 1.29 is 14.3 Å². The molecule has 6 nitrogen and oxygen atoms in total. The van der Waals surface area contributed by atoms with Gasteiger partial charge in [0.05, 0.1) is 18.0 Å². The SMILES string of the molecule is CCC(CO)C(=O)NCc1ccc2oc(=O)[nH]c2c1. The lowest BCUT2D eigenvalue weighted by molar-refractivity contribution is -0.126. The van der Waals surface area contributed by atoms with Crippen LogP contribution in [0, 0.1) is 5.92 Å². The summed E-state index contributed by atoms with van der Waals surface area (Å²) in [5.74, 6) is -1.05. The Hall–Kier alpha value is -2.08. The summed E-state index contributed by atoms with van der Waals surface area (Å²) in [6, 6.07) is 5.21. The molecule has 0 bridgehead atoms. The van der Waals surface area contributed by atoms with Crippen LogP contribution in [0.4, 0.5) is 0 Å².